The monoisotopic (exact) mass is 353 g/mol. The SMILES string of the molecule is CC(NC(=O)C1CNNC1c1ccccc1)c1ccc2c(c1)OCCO2. The maximum absolute atomic E-state index is 12.9. The fourth-order valence-electron chi connectivity index (χ4n) is 3.45. The number of hydrazine groups is 1. The van der Waals surface area contributed by atoms with Crippen molar-refractivity contribution in [3.05, 3.63) is 59.7 Å². The quantitative estimate of drug-likeness (QED) is 0.785. The zero-order valence-electron chi connectivity index (χ0n) is 14.7. The molecule has 0 aromatic heterocycles. The van der Waals surface area contributed by atoms with Crippen molar-refractivity contribution in [2.75, 3.05) is 19.8 Å². The standard InChI is InChI=1S/C20H23N3O3/c1-13(15-7-8-17-18(11-15)26-10-9-25-17)22-20(24)16-12-21-23-19(16)14-5-3-2-4-6-14/h2-8,11,13,16,19,21,23H,9-10,12H2,1H3,(H,22,24). The normalized spacial score (nSPS) is 22.7. The van der Waals surface area contributed by atoms with Gasteiger partial charge in [-0.3, -0.25) is 10.2 Å². The van der Waals surface area contributed by atoms with E-state index in [2.05, 4.69) is 16.2 Å². The van der Waals surface area contributed by atoms with Crippen LogP contribution in [0.2, 0.25) is 0 Å². The minimum absolute atomic E-state index is 0.0266. The first-order valence-electron chi connectivity index (χ1n) is 8.95. The number of hydrogen-bond acceptors (Lipinski definition) is 5. The third kappa shape index (κ3) is 3.38. The summed E-state index contributed by atoms with van der Waals surface area (Å²) in [6, 6.07) is 15.7. The summed E-state index contributed by atoms with van der Waals surface area (Å²) >= 11 is 0. The van der Waals surface area contributed by atoms with E-state index in [9.17, 15) is 4.79 Å². The number of rotatable bonds is 4. The molecule has 2 aromatic carbocycles. The lowest BCUT2D eigenvalue weighted by molar-refractivity contribution is -0.125. The number of hydrogen-bond donors (Lipinski definition) is 3. The molecule has 0 aliphatic carbocycles. The van der Waals surface area contributed by atoms with E-state index in [1.807, 2.05) is 55.5 Å². The van der Waals surface area contributed by atoms with E-state index in [0.717, 1.165) is 22.6 Å². The Morgan fingerprint density at radius 3 is 2.69 bits per heavy atom. The number of amides is 1. The van der Waals surface area contributed by atoms with Gasteiger partial charge < -0.3 is 14.8 Å². The molecule has 6 heteroatoms. The Labute approximate surface area is 152 Å². The average Bonchev–Trinajstić information content (AvgIpc) is 3.18. The van der Waals surface area contributed by atoms with Crippen molar-refractivity contribution in [3.8, 4) is 11.5 Å². The van der Waals surface area contributed by atoms with Gasteiger partial charge in [0.2, 0.25) is 5.91 Å². The molecule has 6 nitrogen and oxygen atoms in total. The Bertz CT molecular complexity index is 781. The molecule has 3 unspecified atom stereocenters. The molecule has 1 saturated heterocycles. The minimum Gasteiger partial charge on any atom is -0.486 e. The van der Waals surface area contributed by atoms with Gasteiger partial charge in [-0.25, -0.2) is 5.43 Å². The Kier molecular flexibility index (Phi) is 4.77. The molecule has 0 radical (unpaired) electrons. The molecule has 3 N–H and O–H groups in total. The molecule has 1 amide bonds. The van der Waals surface area contributed by atoms with Crippen molar-refractivity contribution >= 4 is 5.91 Å². The second-order valence-electron chi connectivity index (χ2n) is 6.65. The van der Waals surface area contributed by atoms with Gasteiger partial charge in [-0.15, -0.1) is 0 Å². The number of benzene rings is 2. The smallest absolute Gasteiger partial charge is 0.226 e. The number of nitrogens with one attached hydrogen (secondary N) is 3. The van der Waals surface area contributed by atoms with Gasteiger partial charge in [-0.2, -0.15) is 0 Å². The van der Waals surface area contributed by atoms with Gasteiger partial charge in [-0.1, -0.05) is 36.4 Å². The lowest BCUT2D eigenvalue weighted by atomic mass is 9.93. The summed E-state index contributed by atoms with van der Waals surface area (Å²) < 4.78 is 11.2. The van der Waals surface area contributed by atoms with Crippen molar-refractivity contribution in [3.63, 3.8) is 0 Å². The fraction of sp³-hybridized carbons (Fsp3) is 0.350. The molecule has 2 aliphatic rings. The van der Waals surface area contributed by atoms with Crippen LogP contribution in [0.3, 0.4) is 0 Å². The summed E-state index contributed by atoms with van der Waals surface area (Å²) in [6.45, 7) is 3.70. The van der Waals surface area contributed by atoms with Crippen LogP contribution >= 0.6 is 0 Å². The molecule has 0 saturated carbocycles. The zero-order chi connectivity index (χ0) is 17.9. The van der Waals surface area contributed by atoms with Gasteiger partial charge in [0.05, 0.1) is 18.0 Å². The van der Waals surface area contributed by atoms with E-state index >= 15 is 0 Å². The number of carbonyl (C=O) groups is 1. The van der Waals surface area contributed by atoms with Crippen LogP contribution in [-0.2, 0) is 4.79 Å². The zero-order valence-corrected chi connectivity index (χ0v) is 14.7. The van der Waals surface area contributed by atoms with Crippen LogP contribution in [0.15, 0.2) is 48.5 Å². The van der Waals surface area contributed by atoms with Crippen LogP contribution in [0, 0.1) is 5.92 Å². The first-order chi connectivity index (χ1) is 12.7. The van der Waals surface area contributed by atoms with Gasteiger partial charge >= 0.3 is 0 Å². The average molecular weight is 353 g/mol. The second kappa shape index (κ2) is 7.35. The van der Waals surface area contributed by atoms with Crippen molar-refractivity contribution in [1.82, 2.24) is 16.2 Å². The molecule has 2 aromatic rings. The van der Waals surface area contributed by atoms with Crippen molar-refractivity contribution in [2.45, 2.75) is 19.0 Å². The topological polar surface area (TPSA) is 71.6 Å². The highest BCUT2D eigenvalue weighted by Gasteiger charge is 2.34. The largest absolute Gasteiger partial charge is 0.486 e. The van der Waals surface area contributed by atoms with Crippen molar-refractivity contribution in [2.24, 2.45) is 5.92 Å². The second-order valence-corrected chi connectivity index (χ2v) is 6.65. The summed E-state index contributed by atoms with van der Waals surface area (Å²) in [5, 5.41) is 3.13. The van der Waals surface area contributed by atoms with Crippen LogP contribution in [0.25, 0.3) is 0 Å². The van der Waals surface area contributed by atoms with Crippen molar-refractivity contribution < 1.29 is 14.3 Å². The minimum atomic E-state index is -0.169. The first kappa shape index (κ1) is 16.9. The van der Waals surface area contributed by atoms with E-state index in [1.54, 1.807) is 0 Å². The Morgan fingerprint density at radius 1 is 1.12 bits per heavy atom. The van der Waals surface area contributed by atoms with Gasteiger partial charge in [0.1, 0.15) is 13.2 Å². The summed E-state index contributed by atoms with van der Waals surface area (Å²) in [5.74, 6) is 1.35. The van der Waals surface area contributed by atoms with Crippen LogP contribution < -0.4 is 25.6 Å². The molecule has 0 bridgehead atoms. The summed E-state index contributed by atoms with van der Waals surface area (Å²) in [7, 11) is 0. The summed E-state index contributed by atoms with van der Waals surface area (Å²) in [4.78, 5) is 12.9. The van der Waals surface area contributed by atoms with E-state index in [4.69, 9.17) is 9.47 Å². The van der Waals surface area contributed by atoms with E-state index < -0.39 is 0 Å². The van der Waals surface area contributed by atoms with Crippen LogP contribution in [0.1, 0.15) is 30.1 Å². The van der Waals surface area contributed by atoms with Gasteiger partial charge in [0.15, 0.2) is 11.5 Å². The summed E-state index contributed by atoms with van der Waals surface area (Å²) in [5.41, 5.74) is 8.42. The highest BCUT2D eigenvalue weighted by atomic mass is 16.6. The number of ether oxygens (including phenoxy) is 2. The highest BCUT2D eigenvalue weighted by Crippen LogP contribution is 2.33. The van der Waals surface area contributed by atoms with E-state index in [0.29, 0.717) is 19.8 Å². The predicted octanol–water partition coefficient (Wildman–Crippen LogP) is 2.10. The molecule has 1 fully saturated rings. The van der Waals surface area contributed by atoms with Crippen LogP contribution in [-0.4, -0.2) is 25.7 Å². The molecule has 2 heterocycles. The van der Waals surface area contributed by atoms with Crippen molar-refractivity contribution in [1.29, 1.82) is 0 Å². The third-order valence-corrected chi connectivity index (χ3v) is 4.90. The molecule has 136 valence electrons. The molecule has 2 aliphatic heterocycles. The third-order valence-electron chi connectivity index (χ3n) is 4.90. The highest BCUT2D eigenvalue weighted by molar-refractivity contribution is 5.80. The summed E-state index contributed by atoms with van der Waals surface area (Å²) in [6.07, 6.45) is 0. The predicted molar refractivity (Wildman–Crippen MR) is 97.8 cm³/mol. The first-order valence-corrected chi connectivity index (χ1v) is 8.95. The van der Waals surface area contributed by atoms with Crippen LogP contribution in [0.4, 0.5) is 0 Å². The van der Waals surface area contributed by atoms with Gasteiger partial charge in [0, 0.05) is 6.54 Å². The fourth-order valence-corrected chi connectivity index (χ4v) is 3.45. The van der Waals surface area contributed by atoms with E-state index in [-0.39, 0.29) is 23.9 Å². The molecule has 4 rings (SSSR count). The number of fused-ring (bicyclic) bond motifs is 1. The van der Waals surface area contributed by atoms with E-state index in [1.165, 1.54) is 0 Å². The Hall–Kier alpha value is -2.57. The lowest BCUT2D eigenvalue weighted by Gasteiger charge is -2.23. The molecular weight excluding hydrogens is 330 g/mol. The molecular formula is C20H23N3O3. The Morgan fingerprint density at radius 2 is 1.88 bits per heavy atom. The number of carbonyl (C=O) groups excluding carboxylic acids is 1. The Balaban J connectivity index is 1.45. The van der Waals surface area contributed by atoms with Crippen LogP contribution in [0.5, 0.6) is 11.5 Å². The molecule has 0 spiro atoms. The molecule has 3 atom stereocenters. The maximum Gasteiger partial charge on any atom is 0.226 e. The molecule has 26 heavy (non-hydrogen) atoms. The van der Waals surface area contributed by atoms with Gasteiger partial charge in [0.25, 0.3) is 0 Å². The maximum atomic E-state index is 12.9. The lowest BCUT2D eigenvalue weighted by Crippen LogP contribution is -2.36. The van der Waals surface area contributed by atoms with Gasteiger partial charge in [-0.05, 0) is 30.2 Å².